The molecule has 0 saturated carbocycles. The molecule has 0 unspecified atom stereocenters. The van der Waals surface area contributed by atoms with Gasteiger partial charge in [-0.25, -0.2) is 0 Å². The predicted molar refractivity (Wildman–Crippen MR) is 95.6 cm³/mol. The Morgan fingerprint density at radius 2 is 1.48 bits per heavy atom. The number of nitrogens with zero attached hydrogens (tertiary/aromatic N) is 1. The number of carbonyl (C=O) groups excluding carboxylic acids is 1. The van der Waals surface area contributed by atoms with Gasteiger partial charge in [0.2, 0.25) is 5.91 Å². The van der Waals surface area contributed by atoms with Crippen LogP contribution in [0.4, 0.5) is 0 Å². The van der Waals surface area contributed by atoms with Crippen LogP contribution in [0.25, 0.3) is 0 Å². The lowest BCUT2D eigenvalue weighted by Crippen LogP contribution is -2.27. The van der Waals surface area contributed by atoms with Gasteiger partial charge in [-0.05, 0) is 32.1 Å². The Hall–Kier alpha value is -0.790. The van der Waals surface area contributed by atoms with E-state index in [-0.39, 0.29) is 0 Å². The first-order valence-corrected chi connectivity index (χ1v) is 9.11. The van der Waals surface area contributed by atoms with E-state index in [1.165, 1.54) is 38.5 Å². The largest absolute Gasteiger partial charge is 0.346 e. The smallest absolute Gasteiger partial charge is 0.222 e. The normalized spacial score (nSPS) is 10.3. The Balaban J connectivity index is 0. The van der Waals surface area contributed by atoms with Gasteiger partial charge in [0, 0.05) is 20.0 Å². The van der Waals surface area contributed by atoms with E-state index in [4.69, 9.17) is 0 Å². The third-order valence-electron chi connectivity index (χ3n) is 3.41. The number of rotatable bonds is 12. The average molecular weight is 298 g/mol. The van der Waals surface area contributed by atoms with Crippen molar-refractivity contribution in [3.05, 3.63) is 12.2 Å². The summed E-state index contributed by atoms with van der Waals surface area (Å²) >= 11 is 0. The molecule has 1 amide bonds. The maximum atomic E-state index is 11.8. The molecule has 0 aromatic carbocycles. The van der Waals surface area contributed by atoms with E-state index in [2.05, 4.69) is 26.0 Å². The lowest BCUT2D eigenvalue weighted by molar-refractivity contribution is -0.130. The standard InChI is InChI=1S/C17H33NO.C2H6/c1-4-6-8-9-10-11-12-13-14-15-17(19)18(3)16-7-5-2;1-2/h8-9H,4-7,10-16H2,1-3H3;1-2H3/b9-8-;. The maximum Gasteiger partial charge on any atom is 0.222 e. The monoisotopic (exact) mass is 297 g/mol. The van der Waals surface area contributed by atoms with Crippen LogP contribution in [-0.2, 0) is 4.79 Å². The van der Waals surface area contributed by atoms with Gasteiger partial charge in [0.1, 0.15) is 0 Å². The van der Waals surface area contributed by atoms with E-state index < -0.39 is 0 Å². The van der Waals surface area contributed by atoms with Crippen LogP contribution in [0.1, 0.15) is 91.9 Å². The van der Waals surface area contributed by atoms with Gasteiger partial charge >= 0.3 is 0 Å². The van der Waals surface area contributed by atoms with Crippen molar-refractivity contribution in [2.45, 2.75) is 91.9 Å². The van der Waals surface area contributed by atoms with Crippen molar-refractivity contribution in [1.82, 2.24) is 4.90 Å². The summed E-state index contributed by atoms with van der Waals surface area (Å²) in [6.45, 7) is 9.28. The van der Waals surface area contributed by atoms with Gasteiger partial charge in [0.25, 0.3) is 0 Å². The molecule has 0 radical (unpaired) electrons. The van der Waals surface area contributed by atoms with E-state index in [9.17, 15) is 4.79 Å². The zero-order valence-corrected chi connectivity index (χ0v) is 15.3. The molecular weight excluding hydrogens is 258 g/mol. The molecule has 0 spiro atoms. The third-order valence-corrected chi connectivity index (χ3v) is 3.41. The molecule has 0 saturated heterocycles. The van der Waals surface area contributed by atoms with Gasteiger partial charge in [-0.3, -0.25) is 4.79 Å². The summed E-state index contributed by atoms with van der Waals surface area (Å²) in [6.07, 6.45) is 16.0. The van der Waals surface area contributed by atoms with Crippen molar-refractivity contribution in [3.8, 4) is 0 Å². The Kier molecular flexibility index (Phi) is 20.6. The Labute approximate surface area is 134 Å². The van der Waals surface area contributed by atoms with Gasteiger partial charge in [-0.1, -0.05) is 65.5 Å². The molecule has 0 fully saturated rings. The van der Waals surface area contributed by atoms with Crippen LogP contribution < -0.4 is 0 Å². The summed E-state index contributed by atoms with van der Waals surface area (Å²) in [4.78, 5) is 13.7. The Morgan fingerprint density at radius 3 is 2.10 bits per heavy atom. The van der Waals surface area contributed by atoms with E-state index >= 15 is 0 Å². The molecule has 21 heavy (non-hydrogen) atoms. The molecule has 0 aliphatic carbocycles. The summed E-state index contributed by atoms with van der Waals surface area (Å²) in [6, 6.07) is 0. The summed E-state index contributed by atoms with van der Waals surface area (Å²) in [5, 5.41) is 0. The highest BCUT2D eigenvalue weighted by molar-refractivity contribution is 5.75. The molecule has 2 heteroatoms. The van der Waals surface area contributed by atoms with Crippen molar-refractivity contribution in [1.29, 1.82) is 0 Å². The van der Waals surface area contributed by atoms with Crippen LogP contribution in [0.3, 0.4) is 0 Å². The maximum absolute atomic E-state index is 11.8. The fourth-order valence-electron chi connectivity index (χ4n) is 2.01. The molecule has 0 aliphatic rings. The second-order valence-corrected chi connectivity index (χ2v) is 5.38. The van der Waals surface area contributed by atoms with E-state index in [1.54, 1.807) is 0 Å². The zero-order chi connectivity index (χ0) is 16.3. The van der Waals surface area contributed by atoms with Crippen LogP contribution in [0, 0.1) is 0 Å². The lowest BCUT2D eigenvalue weighted by Gasteiger charge is -2.16. The third kappa shape index (κ3) is 17.2. The second kappa shape index (κ2) is 19.2. The summed E-state index contributed by atoms with van der Waals surface area (Å²) < 4.78 is 0. The minimum atomic E-state index is 0.316. The van der Waals surface area contributed by atoms with Crippen LogP contribution in [0.2, 0.25) is 0 Å². The van der Waals surface area contributed by atoms with Gasteiger partial charge in [0.05, 0.1) is 0 Å². The number of hydrogen-bond donors (Lipinski definition) is 0. The molecule has 0 aliphatic heterocycles. The quantitative estimate of drug-likeness (QED) is 0.321. The van der Waals surface area contributed by atoms with Gasteiger partial charge in [-0.2, -0.15) is 0 Å². The molecule has 0 bridgehead atoms. The fraction of sp³-hybridized carbons (Fsp3) is 0.842. The van der Waals surface area contributed by atoms with Crippen molar-refractivity contribution < 1.29 is 4.79 Å². The molecule has 0 atom stereocenters. The molecule has 2 nitrogen and oxygen atoms in total. The van der Waals surface area contributed by atoms with Crippen molar-refractivity contribution in [3.63, 3.8) is 0 Å². The van der Waals surface area contributed by atoms with E-state index in [0.29, 0.717) is 5.91 Å². The van der Waals surface area contributed by atoms with Gasteiger partial charge < -0.3 is 4.90 Å². The first-order valence-electron chi connectivity index (χ1n) is 9.11. The number of amides is 1. The summed E-state index contributed by atoms with van der Waals surface area (Å²) in [7, 11) is 1.93. The first-order chi connectivity index (χ1) is 10.2. The van der Waals surface area contributed by atoms with Crippen LogP contribution in [0.5, 0.6) is 0 Å². The SMILES string of the molecule is CC.CCC/C=C\CCCCCCC(=O)N(C)CCCC. The highest BCUT2D eigenvalue weighted by atomic mass is 16.2. The molecule has 0 N–H and O–H groups in total. The Morgan fingerprint density at radius 1 is 0.857 bits per heavy atom. The zero-order valence-electron chi connectivity index (χ0n) is 15.3. The highest BCUT2D eigenvalue weighted by Crippen LogP contribution is 2.08. The van der Waals surface area contributed by atoms with Crippen LogP contribution in [0.15, 0.2) is 12.2 Å². The number of unbranched alkanes of at least 4 members (excludes halogenated alkanes) is 6. The molecule has 126 valence electrons. The van der Waals surface area contributed by atoms with Crippen LogP contribution >= 0.6 is 0 Å². The number of hydrogen-bond acceptors (Lipinski definition) is 1. The first kappa shape index (κ1) is 22.5. The van der Waals surface area contributed by atoms with Crippen molar-refractivity contribution >= 4 is 5.91 Å². The molecular formula is C19H39NO. The second-order valence-electron chi connectivity index (χ2n) is 5.38. The summed E-state index contributed by atoms with van der Waals surface area (Å²) in [5.74, 6) is 0.316. The van der Waals surface area contributed by atoms with Crippen molar-refractivity contribution in [2.24, 2.45) is 0 Å². The topological polar surface area (TPSA) is 20.3 Å². The minimum absolute atomic E-state index is 0.316. The van der Waals surface area contributed by atoms with E-state index in [0.717, 1.165) is 32.2 Å². The van der Waals surface area contributed by atoms with E-state index in [1.807, 2.05) is 25.8 Å². The fourth-order valence-corrected chi connectivity index (χ4v) is 2.01. The number of carbonyl (C=O) groups is 1. The average Bonchev–Trinajstić information content (AvgIpc) is 2.52. The molecule has 0 heterocycles. The predicted octanol–water partition coefficient (Wildman–Crippen LogP) is 5.97. The Bertz CT molecular complexity index is 236. The molecule has 0 aromatic rings. The van der Waals surface area contributed by atoms with Crippen molar-refractivity contribution in [2.75, 3.05) is 13.6 Å². The molecule has 0 aromatic heterocycles. The molecule has 0 rings (SSSR count). The van der Waals surface area contributed by atoms with Gasteiger partial charge in [0.15, 0.2) is 0 Å². The van der Waals surface area contributed by atoms with Gasteiger partial charge in [-0.15, -0.1) is 0 Å². The lowest BCUT2D eigenvalue weighted by atomic mass is 10.1. The number of allylic oxidation sites excluding steroid dienone is 2. The summed E-state index contributed by atoms with van der Waals surface area (Å²) in [5.41, 5.74) is 0. The minimum Gasteiger partial charge on any atom is -0.346 e. The van der Waals surface area contributed by atoms with Crippen LogP contribution in [-0.4, -0.2) is 24.4 Å². The highest BCUT2D eigenvalue weighted by Gasteiger charge is 2.06.